The molecule has 0 atom stereocenters. The molecule has 1 aromatic heterocycles. The van der Waals surface area contributed by atoms with E-state index >= 15 is 0 Å². The Kier molecular flexibility index (Phi) is 5.03. The molecule has 132 valence electrons. The molecule has 1 heterocycles. The van der Waals surface area contributed by atoms with Crippen LogP contribution in [0.4, 0.5) is 0 Å². The first-order valence-electron chi connectivity index (χ1n) is 8.53. The van der Waals surface area contributed by atoms with E-state index in [4.69, 9.17) is 0 Å². The second-order valence-corrected chi connectivity index (χ2v) is 6.59. The van der Waals surface area contributed by atoms with E-state index in [0.29, 0.717) is 17.9 Å². The van der Waals surface area contributed by atoms with Gasteiger partial charge in [0.15, 0.2) is 0 Å². The highest BCUT2D eigenvalue weighted by atomic mass is 16.3. The first-order chi connectivity index (χ1) is 12.4. The molecule has 0 saturated heterocycles. The highest BCUT2D eigenvalue weighted by Crippen LogP contribution is 2.29. The van der Waals surface area contributed by atoms with E-state index < -0.39 is 0 Å². The van der Waals surface area contributed by atoms with E-state index in [2.05, 4.69) is 10.3 Å². The van der Waals surface area contributed by atoms with Gasteiger partial charge in [-0.3, -0.25) is 9.78 Å². The Bertz CT molecular complexity index is 924. The Balaban J connectivity index is 1.78. The normalized spacial score (nSPS) is 10.6. The standard InChI is InChI=1S/C22H22N2O2/c1-14-4-6-17(7-5-14)11-24-22(26)20-10-19(12-23-13-20)18-8-15(2)21(25)16(3)9-18/h4-10,12-13,25H,11H2,1-3H3,(H,24,26). The van der Waals surface area contributed by atoms with Gasteiger partial charge in [0, 0.05) is 24.5 Å². The Hall–Kier alpha value is -3.14. The van der Waals surface area contributed by atoms with Gasteiger partial charge >= 0.3 is 0 Å². The Morgan fingerprint density at radius 2 is 1.62 bits per heavy atom. The van der Waals surface area contributed by atoms with Gasteiger partial charge in [-0.2, -0.15) is 0 Å². The average molecular weight is 346 g/mol. The maximum atomic E-state index is 12.5. The van der Waals surface area contributed by atoms with Gasteiger partial charge in [0.05, 0.1) is 5.56 Å². The summed E-state index contributed by atoms with van der Waals surface area (Å²) in [4.78, 5) is 16.7. The summed E-state index contributed by atoms with van der Waals surface area (Å²) >= 11 is 0. The second-order valence-electron chi connectivity index (χ2n) is 6.59. The summed E-state index contributed by atoms with van der Waals surface area (Å²) in [6, 6.07) is 13.7. The number of nitrogens with one attached hydrogen (secondary N) is 1. The molecular weight excluding hydrogens is 324 g/mol. The monoisotopic (exact) mass is 346 g/mol. The first kappa shape index (κ1) is 17.7. The molecule has 2 N–H and O–H groups in total. The zero-order valence-corrected chi connectivity index (χ0v) is 15.2. The topological polar surface area (TPSA) is 62.2 Å². The van der Waals surface area contributed by atoms with Gasteiger partial charge in [-0.25, -0.2) is 0 Å². The predicted molar refractivity (Wildman–Crippen MR) is 103 cm³/mol. The molecule has 3 aromatic rings. The third kappa shape index (κ3) is 3.91. The minimum atomic E-state index is -0.160. The van der Waals surface area contributed by atoms with Crippen molar-refractivity contribution < 1.29 is 9.90 Å². The molecule has 0 aliphatic carbocycles. The molecule has 3 rings (SSSR count). The molecule has 0 aliphatic heterocycles. The fraction of sp³-hybridized carbons (Fsp3) is 0.182. The first-order valence-corrected chi connectivity index (χ1v) is 8.53. The predicted octanol–water partition coefficient (Wildman–Crippen LogP) is 4.31. The van der Waals surface area contributed by atoms with Crippen LogP contribution in [0.3, 0.4) is 0 Å². The van der Waals surface area contributed by atoms with Gasteiger partial charge in [-0.05, 0) is 61.2 Å². The fourth-order valence-electron chi connectivity index (χ4n) is 2.83. The number of aromatic nitrogens is 1. The zero-order valence-electron chi connectivity index (χ0n) is 15.2. The number of amides is 1. The Morgan fingerprint density at radius 1 is 0.962 bits per heavy atom. The van der Waals surface area contributed by atoms with Crippen LogP contribution in [0, 0.1) is 20.8 Å². The number of hydrogen-bond acceptors (Lipinski definition) is 3. The fourth-order valence-corrected chi connectivity index (χ4v) is 2.83. The van der Waals surface area contributed by atoms with Crippen LogP contribution in [0.15, 0.2) is 54.9 Å². The second kappa shape index (κ2) is 7.40. The molecule has 0 bridgehead atoms. The number of aryl methyl sites for hydroxylation is 3. The summed E-state index contributed by atoms with van der Waals surface area (Å²) in [5.41, 5.74) is 6.13. The lowest BCUT2D eigenvalue weighted by Crippen LogP contribution is -2.22. The molecule has 0 unspecified atom stereocenters. The molecule has 2 aromatic carbocycles. The smallest absolute Gasteiger partial charge is 0.253 e. The molecular formula is C22H22N2O2. The molecule has 0 aliphatic rings. The van der Waals surface area contributed by atoms with E-state index in [1.807, 2.05) is 63.2 Å². The number of benzene rings is 2. The Morgan fingerprint density at radius 3 is 2.27 bits per heavy atom. The van der Waals surface area contributed by atoms with Crippen molar-refractivity contribution in [3.63, 3.8) is 0 Å². The molecule has 26 heavy (non-hydrogen) atoms. The third-order valence-corrected chi connectivity index (χ3v) is 4.40. The van der Waals surface area contributed by atoms with Crippen molar-refractivity contribution in [1.29, 1.82) is 0 Å². The number of carbonyl (C=O) groups excluding carboxylic acids is 1. The number of phenols is 1. The lowest BCUT2D eigenvalue weighted by molar-refractivity contribution is 0.0950. The molecule has 4 heteroatoms. The van der Waals surface area contributed by atoms with Gasteiger partial charge in [0.1, 0.15) is 5.75 Å². The average Bonchev–Trinajstić information content (AvgIpc) is 2.65. The van der Waals surface area contributed by atoms with Crippen LogP contribution in [0.2, 0.25) is 0 Å². The molecule has 0 fully saturated rings. The Labute approximate surface area is 153 Å². The lowest BCUT2D eigenvalue weighted by Gasteiger charge is -2.10. The van der Waals surface area contributed by atoms with E-state index in [1.165, 1.54) is 5.56 Å². The summed E-state index contributed by atoms with van der Waals surface area (Å²) in [6.45, 7) is 6.22. The summed E-state index contributed by atoms with van der Waals surface area (Å²) < 4.78 is 0. The largest absolute Gasteiger partial charge is 0.507 e. The highest BCUT2D eigenvalue weighted by molar-refractivity contribution is 5.95. The molecule has 4 nitrogen and oxygen atoms in total. The van der Waals surface area contributed by atoms with Gasteiger partial charge in [0.2, 0.25) is 0 Å². The van der Waals surface area contributed by atoms with E-state index in [1.54, 1.807) is 12.4 Å². The third-order valence-electron chi connectivity index (χ3n) is 4.40. The summed E-state index contributed by atoms with van der Waals surface area (Å²) in [5, 5.41) is 12.9. The molecule has 0 saturated carbocycles. The number of pyridine rings is 1. The SMILES string of the molecule is Cc1ccc(CNC(=O)c2cncc(-c3cc(C)c(O)c(C)c3)c2)cc1. The minimum absolute atomic E-state index is 0.160. The van der Waals surface area contributed by atoms with Crippen molar-refractivity contribution in [2.45, 2.75) is 27.3 Å². The number of phenolic OH excluding ortho intramolecular Hbond substituents is 1. The number of carbonyl (C=O) groups is 1. The number of hydrogen-bond donors (Lipinski definition) is 2. The zero-order chi connectivity index (χ0) is 18.7. The van der Waals surface area contributed by atoms with Gasteiger partial charge in [-0.15, -0.1) is 0 Å². The van der Waals surface area contributed by atoms with Gasteiger partial charge < -0.3 is 10.4 Å². The van der Waals surface area contributed by atoms with Crippen LogP contribution in [-0.2, 0) is 6.54 Å². The van der Waals surface area contributed by atoms with E-state index in [9.17, 15) is 9.90 Å². The van der Waals surface area contributed by atoms with Crippen molar-refractivity contribution in [2.75, 3.05) is 0 Å². The van der Waals surface area contributed by atoms with E-state index in [-0.39, 0.29) is 5.91 Å². The highest BCUT2D eigenvalue weighted by Gasteiger charge is 2.10. The van der Waals surface area contributed by atoms with Crippen molar-refractivity contribution in [3.8, 4) is 16.9 Å². The van der Waals surface area contributed by atoms with Crippen LogP contribution < -0.4 is 5.32 Å². The van der Waals surface area contributed by atoms with Crippen molar-refractivity contribution >= 4 is 5.91 Å². The van der Waals surface area contributed by atoms with Crippen LogP contribution in [0.5, 0.6) is 5.75 Å². The van der Waals surface area contributed by atoms with Crippen LogP contribution in [-0.4, -0.2) is 16.0 Å². The number of aromatic hydroxyl groups is 1. The quantitative estimate of drug-likeness (QED) is 0.740. The molecule has 1 amide bonds. The maximum absolute atomic E-state index is 12.5. The minimum Gasteiger partial charge on any atom is -0.507 e. The lowest BCUT2D eigenvalue weighted by atomic mass is 10.00. The van der Waals surface area contributed by atoms with Crippen LogP contribution in [0.1, 0.15) is 32.6 Å². The number of rotatable bonds is 4. The summed E-state index contributed by atoms with van der Waals surface area (Å²) in [7, 11) is 0. The summed E-state index contributed by atoms with van der Waals surface area (Å²) in [5.74, 6) is 0.140. The molecule has 0 spiro atoms. The van der Waals surface area contributed by atoms with Gasteiger partial charge in [0.25, 0.3) is 5.91 Å². The van der Waals surface area contributed by atoms with Gasteiger partial charge in [-0.1, -0.05) is 29.8 Å². The van der Waals surface area contributed by atoms with Crippen molar-refractivity contribution in [2.24, 2.45) is 0 Å². The summed E-state index contributed by atoms with van der Waals surface area (Å²) in [6.07, 6.45) is 3.29. The maximum Gasteiger partial charge on any atom is 0.253 e. The number of nitrogens with zero attached hydrogens (tertiary/aromatic N) is 1. The van der Waals surface area contributed by atoms with Crippen molar-refractivity contribution in [3.05, 3.63) is 82.7 Å². The molecule has 0 radical (unpaired) electrons. The van der Waals surface area contributed by atoms with Crippen LogP contribution >= 0.6 is 0 Å². The van der Waals surface area contributed by atoms with E-state index in [0.717, 1.165) is 27.8 Å². The van der Waals surface area contributed by atoms with Crippen molar-refractivity contribution in [1.82, 2.24) is 10.3 Å². The van der Waals surface area contributed by atoms with Crippen LogP contribution in [0.25, 0.3) is 11.1 Å².